The summed E-state index contributed by atoms with van der Waals surface area (Å²) in [5.74, 6) is -1.52. The molecule has 7 heteroatoms. The first kappa shape index (κ1) is 15.3. The lowest BCUT2D eigenvalue weighted by Crippen LogP contribution is -2.14. The van der Waals surface area contributed by atoms with Crippen LogP contribution in [-0.4, -0.2) is 17.0 Å². The third-order valence-electron chi connectivity index (χ3n) is 2.72. The van der Waals surface area contributed by atoms with E-state index in [1.807, 2.05) is 0 Å². The summed E-state index contributed by atoms with van der Waals surface area (Å²) in [7, 11) is 0. The van der Waals surface area contributed by atoms with Gasteiger partial charge in [0.2, 0.25) is 0 Å². The molecular weight excluding hydrogens is 360 g/mol. The molecule has 108 valence electrons. The van der Waals surface area contributed by atoms with Gasteiger partial charge in [0.05, 0.1) is 21.8 Å². The molecule has 21 heavy (non-hydrogen) atoms. The maximum Gasteiger partial charge on any atom is 0.335 e. The van der Waals surface area contributed by atoms with Crippen LogP contribution in [0.2, 0.25) is 5.02 Å². The van der Waals surface area contributed by atoms with Crippen molar-refractivity contribution in [3.05, 3.63) is 57.0 Å². The third kappa shape index (κ3) is 3.53. The van der Waals surface area contributed by atoms with E-state index in [0.717, 1.165) is 4.47 Å². The number of nitrogen functional groups attached to an aromatic ring is 1. The van der Waals surface area contributed by atoms with Crippen LogP contribution in [0.25, 0.3) is 0 Å². The number of rotatable bonds is 3. The summed E-state index contributed by atoms with van der Waals surface area (Å²) in [6.45, 7) is 0. The molecule has 0 aliphatic rings. The van der Waals surface area contributed by atoms with Gasteiger partial charge in [-0.3, -0.25) is 4.79 Å². The molecule has 2 rings (SSSR count). The molecule has 2 aromatic carbocycles. The quantitative estimate of drug-likeness (QED) is 0.720. The number of carboxylic acid groups (broad SMARTS) is 1. The van der Waals surface area contributed by atoms with Gasteiger partial charge >= 0.3 is 5.97 Å². The van der Waals surface area contributed by atoms with Crippen molar-refractivity contribution in [1.82, 2.24) is 0 Å². The lowest BCUT2D eigenvalue weighted by atomic mass is 10.1. The Morgan fingerprint density at radius 1 is 1.19 bits per heavy atom. The molecule has 0 fully saturated rings. The predicted octanol–water partition coefficient (Wildman–Crippen LogP) is 3.64. The number of amides is 1. The molecule has 1 amide bonds. The maximum absolute atomic E-state index is 12.1. The van der Waals surface area contributed by atoms with Gasteiger partial charge in [0.15, 0.2) is 0 Å². The van der Waals surface area contributed by atoms with E-state index in [9.17, 15) is 9.59 Å². The van der Waals surface area contributed by atoms with Crippen LogP contribution < -0.4 is 11.1 Å². The fourth-order valence-corrected chi connectivity index (χ4v) is 2.29. The molecule has 0 heterocycles. The van der Waals surface area contributed by atoms with Gasteiger partial charge in [-0.2, -0.15) is 0 Å². The van der Waals surface area contributed by atoms with E-state index < -0.39 is 11.9 Å². The highest BCUT2D eigenvalue weighted by Gasteiger charge is 2.13. The lowest BCUT2D eigenvalue weighted by molar-refractivity contribution is 0.0696. The maximum atomic E-state index is 12.1. The van der Waals surface area contributed by atoms with E-state index in [0.29, 0.717) is 16.9 Å². The number of benzene rings is 2. The Morgan fingerprint density at radius 2 is 1.90 bits per heavy atom. The molecule has 0 aliphatic carbocycles. The Balaban J connectivity index is 2.25. The molecule has 2 aromatic rings. The molecule has 0 saturated carbocycles. The molecule has 0 saturated heterocycles. The number of nitrogens with one attached hydrogen (secondary N) is 1. The zero-order chi connectivity index (χ0) is 15.6. The molecule has 0 aliphatic heterocycles. The van der Waals surface area contributed by atoms with Crippen LogP contribution in [0.15, 0.2) is 40.9 Å². The highest BCUT2D eigenvalue weighted by Crippen LogP contribution is 2.25. The van der Waals surface area contributed by atoms with E-state index >= 15 is 0 Å². The second-order valence-electron chi connectivity index (χ2n) is 4.19. The van der Waals surface area contributed by atoms with Gasteiger partial charge in [-0.25, -0.2) is 4.79 Å². The van der Waals surface area contributed by atoms with Crippen LogP contribution in [0.5, 0.6) is 0 Å². The number of hydrogen-bond donors (Lipinski definition) is 3. The van der Waals surface area contributed by atoms with Gasteiger partial charge in [0, 0.05) is 10.2 Å². The number of anilines is 2. The minimum atomic E-state index is -1.09. The Morgan fingerprint density at radius 3 is 2.48 bits per heavy atom. The Kier molecular flexibility index (Phi) is 4.50. The highest BCUT2D eigenvalue weighted by atomic mass is 79.9. The fourth-order valence-electron chi connectivity index (χ4n) is 1.68. The molecule has 0 aromatic heterocycles. The van der Waals surface area contributed by atoms with Gasteiger partial charge in [0.1, 0.15) is 0 Å². The number of halogens is 2. The SMILES string of the molecule is Nc1cc(Br)ccc1C(=O)Nc1ccc(C(=O)O)cc1Cl. The summed E-state index contributed by atoms with van der Waals surface area (Å²) in [6.07, 6.45) is 0. The second-order valence-corrected chi connectivity index (χ2v) is 5.51. The van der Waals surface area contributed by atoms with E-state index in [-0.39, 0.29) is 10.6 Å². The molecule has 4 N–H and O–H groups in total. The van der Waals surface area contributed by atoms with E-state index in [1.54, 1.807) is 18.2 Å². The van der Waals surface area contributed by atoms with Crippen LogP contribution in [0.3, 0.4) is 0 Å². The number of carbonyl (C=O) groups excluding carboxylic acids is 1. The van der Waals surface area contributed by atoms with E-state index in [2.05, 4.69) is 21.2 Å². The van der Waals surface area contributed by atoms with Crippen molar-refractivity contribution >= 4 is 50.8 Å². The smallest absolute Gasteiger partial charge is 0.335 e. The number of hydrogen-bond acceptors (Lipinski definition) is 3. The van der Waals surface area contributed by atoms with Crippen LogP contribution in [0.4, 0.5) is 11.4 Å². The average Bonchev–Trinajstić information content (AvgIpc) is 2.40. The van der Waals surface area contributed by atoms with Crippen molar-refractivity contribution in [2.24, 2.45) is 0 Å². The van der Waals surface area contributed by atoms with Crippen LogP contribution in [0, 0.1) is 0 Å². The van der Waals surface area contributed by atoms with Crippen molar-refractivity contribution in [2.75, 3.05) is 11.1 Å². The van der Waals surface area contributed by atoms with Gasteiger partial charge in [-0.05, 0) is 36.4 Å². The summed E-state index contributed by atoms with van der Waals surface area (Å²) in [5, 5.41) is 11.6. The first-order chi connectivity index (χ1) is 9.88. The second kappa shape index (κ2) is 6.15. The van der Waals surface area contributed by atoms with Crippen molar-refractivity contribution in [3.63, 3.8) is 0 Å². The zero-order valence-corrected chi connectivity index (χ0v) is 12.9. The summed E-state index contributed by atoms with van der Waals surface area (Å²) >= 11 is 9.21. The first-order valence-corrected chi connectivity index (χ1v) is 6.95. The molecule has 5 nitrogen and oxygen atoms in total. The number of carbonyl (C=O) groups is 2. The van der Waals surface area contributed by atoms with Gasteiger partial charge in [-0.1, -0.05) is 27.5 Å². The largest absolute Gasteiger partial charge is 0.478 e. The Bertz CT molecular complexity index is 734. The van der Waals surface area contributed by atoms with Crippen LogP contribution in [0.1, 0.15) is 20.7 Å². The van der Waals surface area contributed by atoms with Crippen LogP contribution >= 0.6 is 27.5 Å². The average molecular weight is 370 g/mol. The fraction of sp³-hybridized carbons (Fsp3) is 0. The number of nitrogens with two attached hydrogens (primary N) is 1. The van der Waals surface area contributed by atoms with Crippen molar-refractivity contribution in [3.8, 4) is 0 Å². The van der Waals surface area contributed by atoms with Crippen molar-refractivity contribution < 1.29 is 14.7 Å². The number of carboxylic acids is 1. The first-order valence-electron chi connectivity index (χ1n) is 5.77. The van der Waals surface area contributed by atoms with Crippen LogP contribution in [-0.2, 0) is 0 Å². The monoisotopic (exact) mass is 368 g/mol. The summed E-state index contributed by atoms with van der Waals surface area (Å²) in [4.78, 5) is 23.0. The normalized spacial score (nSPS) is 10.2. The van der Waals surface area contributed by atoms with Gasteiger partial charge in [-0.15, -0.1) is 0 Å². The van der Waals surface area contributed by atoms with Crippen molar-refractivity contribution in [2.45, 2.75) is 0 Å². The van der Waals surface area contributed by atoms with Gasteiger partial charge in [0.25, 0.3) is 5.91 Å². The Labute approximate surface area is 133 Å². The lowest BCUT2D eigenvalue weighted by Gasteiger charge is -2.10. The molecule has 0 atom stereocenters. The highest BCUT2D eigenvalue weighted by molar-refractivity contribution is 9.10. The molecule has 0 unspecified atom stereocenters. The van der Waals surface area contributed by atoms with Gasteiger partial charge < -0.3 is 16.2 Å². The van der Waals surface area contributed by atoms with E-state index in [4.69, 9.17) is 22.4 Å². The molecule has 0 spiro atoms. The zero-order valence-electron chi connectivity index (χ0n) is 10.6. The molecule has 0 bridgehead atoms. The minimum Gasteiger partial charge on any atom is -0.478 e. The topological polar surface area (TPSA) is 92.4 Å². The molecular formula is C14H10BrClN2O3. The van der Waals surface area contributed by atoms with Crippen molar-refractivity contribution in [1.29, 1.82) is 0 Å². The molecule has 0 radical (unpaired) electrons. The number of aromatic carboxylic acids is 1. The predicted molar refractivity (Wildman–Crippen MR) is 84.9 cm³/mol. The summed E-state index contributed by atoms with van der Waals surface area (Å²) < 4.78 is 0.764. The Hall–Kier alpha value is -2.05. The third-order valence-corrected chi connectivity index (χ3v) is 3.53. The summed E-state index contributed by atoms with van der Waals surface area (Å²) in [5.41, 5.74) is 6.75. The minimum absolute atomic E-state index is 0.0427. The van der Waals surface area contributed by atoms with E-state index in [1.165, 1.54) is 18.2 Å². The standard InChI is InChI=1S/C14H10BrClN2O3/c15-8-2-3-9(11(17)6-8)13(19)18-12-4-1-7(14(20)21)5-10(12)16/h1-6H,17H2,(H,18,19)(H,20,21). The summed E-state index contributed by atoms with van der Waals surface area (Å²) in [6, 6.07) is 8.94.